The Bertz CT molecular complexity index is 1630. The van der Waals surface area contributed by atoms with E-state index in [1.165, 1.54) is 23.9 Å². The van der Waals surface area contributed by atoms with E-state index < -0.39 is 29.1 Å². The van der Waals surface area contributed by atoms with Gasteiger partial charge in [0.05, 0.1) is 25.3 Å². The molecule has 0 fully saturated rings. The van der Waals surface area contributed by atoms with Crippen molar-refractivity contribution in [2.24, 2.45) is 10.9 Å². The number of halogens is 2. The lowest BCUT2D eigenvalue weighted by molar-refractivity contribution is -0.145. The molecule has 0 aliphatic carbocycles. The molecule has 0 radical (unpaired) electrons. The molecule has 38 heavy (non-hydrogen) atoms. The number of esters is 1. The number of rotatable bonds is 8. The molecule has 1 atom stereocenters. The third-order valence-corrected chi connectivity index (χ3v) is 5.74. The number of H-pyrrole nitrogens is 1. The molecule has 196 valence electrons. The Labute approximate surface area is 220 Å². The van der Waals surface area contributed by atoms with Crippen molar-refractivity contribution in [1.29, 1.82) is 0 Å². The number of benzene rings is 2. The van der Waals surface area contributed by atoms with Gasteiger partial charge in [0, 0.05) is 23.8 Å². The molecule has 0 saturated carbocycles. The molecule has 0 unspecified atom stereocenters. The maximum atomic E-state index is 13.4. The van der Waals surface area contributed by atoms with Crippen molar-refractivity contribution in [3.8, 4) is 11.6 Å². The van der Waals surface area contributed by atoms with Crippen LogP contribution in [-0.4, -0.2) is 32.2 Å². The van der Waals surface area contributed by atoms with Gasteiger partial charge < -0.3 is 9.47 Å². The Hall–Kier alpha value is -4.51. The van der Waals surface area contributed by atoms with E-state index in [-0.39, 0.29) is 24.6 Å². The van der Waals surface area contributed by atoms with Gasteiger partial charge in [0.15, 0.2) is 0 Å². The highest BCUT2D eigenvalue weighted by Gasteiger charge is 2.18. The summed E-state index contributed by atoms with van der Waals surface area (Å²) in [6, 6.07) is 15.6. The summed E-state index contributed by atoms with van der Waals surface area (Å²) in [7, 11) is 1.24. The first-order valence-corrected chi connectivity index (χ1v) is 11.8. The van der Waals surface area contributed by atoms with Crippen molar-refractivity contribution in [3.63, 3.8) is 0 Å². The van der Waals surface area contributed by atoms with Crippen LogP contribution in [0.5, 0.6) is 11.6 Å². The first-order valence-electron chi connectivity index (χ1n) is 11.4. The third kappa shape index (κ3) is 6.43. The number of carbonyl (C=O) groups excluding carboxylic acids is 1. The Morgan fingerprint density at radius 3 is 2.47 bits per heavy atom. The zero-order valence-electron chi connectivity index (χ0n) is 20.4. The highest BCUT2D eigenvalue weighted by molar-refractivity contribution is 6.30. The van der Waals surface area contributed by atoms with Crippen molar-refractivity contribution < 1.29 is 18.7 Å². The molecule has 0 amide bonds. The first-order chi connectivity index (χ1) is 18.2. The molecule has 0 saturated heterocycles. The van der Waals surface area contributed by atoms with Gasteiger partial charge in [0.1, 0.15) is 11.6 Å². The number of carbonyl (C=O) groups is 1. The molecule has 2 aromatic heterocycles. The molecule has 2 aromatic carbocycles. The number of nitrogens with zero attached hydrogens (tertiary/aromatic N) is 4. The van der Waals surface area contributed by atoms with E-state index in [0.29, 0.717) is 16.5 Å². The number of methoxy groups -OCH3 is 1. The Balaban J connectivity index is 1.73. The molecule has 10 nitrogen and oxygen atoms in total. The highest BCUT2D eigenvalue weighted by Crippen LogP contribution is 2.22. The summed E-state index contributed by atoms with van der Waals surface area (Å²) in [5.41, 5.74) is -0.245. The predicted octanol–water partition coefficient (Wildman–Crippen LogP) is 3.41. The average Bonchev–Trinajstić information content (AvgIpc) is 2.90. The van der Waals surface area contributed by atoms with Crippen molar-refractivity contribution >= 4 is 23.3 Å². The van der Waals surface area contributed by atoms with Gasteiger partial charge in [0.2, 0.25) is 11.5 Å². The molecular weight excluding hydrogens is 517 g/mol. The fraction of sp³-hybridized carbons (Fsp3) is 0.192. The largest absolute Gasteiger partial charge is 0.469 e. The van der Waals surface area contributed by atoms with Crippen molar-refractivity contribution in [3.05, 3.63) is 110 Å². The van der Waals surface area contributed by atoms with E-state index in [2.05, 4.69) is 15.0 Å². The summed E-state index contributed by atoms with van der Waals surface area (Å²) in [5.74, 6) is -1.29. The molecule has 0 aliphatic heterocycles. The summed E-state index contributed by atoms with van der Waals surface area (Å²) >= 11 is 5.99. The van der Waals surface area contributed by atoms with Crippen LogP contribution in [0.25, 0.3) is 0 Å². The molecule has 0 bridgehead atoms. The van der Waals surface area contributed by atoms with Gasteiger partial charge in [-0.3, -0.25) is 14.3 Å². The number of nitrogens with one attached hydrogen (secondary N) is 1. The van der Waals surface area contributed by atoms with E-state index in [9.17, 15) is 18.8 Å². The van der Waals surface area contributed by atoms with Crippen LogP contribution < -0.4 is 21.7 Å². The highest BCUT2D eigenvalue weighted by atomic mass is 35.5. The van der Waals surface area contributed by atoms with Crippen LogP contribution in [0.3, 0.4) is 0 Å². The molecule has 12 heteroatoms. The summed E-state index contributed by atoms with van der Waals surface area (Å²) in [6.45, 7) is 1.45. The monoisotopic (exact) mass is 539 g/mol. The van der Waals surface area contributed by atoms with Gasteiger partial charge in [-0.1, -0.05) is 30.7 Å². The second kappa shape index (κ2) is 11.7. The fourth-order valence-corrected chi connectivity index (χ4v) is 3.67. The fourth-order valence-electron chi connectivity index (χ4n) is 3.54. The van der Waals surface area contributed by atoms with Gasteiger partial charge in [0.25, 0.3) is 0 Å². The van der Waals surface area contributed by atoms with Crippen molar-refractivity contribution in [2.75, 3.05) is 7.11 Å². The molecule has 4 aromatic rings. The van der Waals surface area contributed by atoms with Gasteiger partial charge in [-0.25, -0.2) is 28.5 Å². The van der Waals surface area contributed by atoms with Gasteiger partial charge in [-0.05, 0) is 48.0 Å². The van der Waals surface area contributed by atoms with E-state index in [4.69, 9.17) is 21.1 Å². The molecule has 0 aliphatic rings. The van der Waals surface area contributed by atoms with Gasteiger partial charge in [-0.15, -0.1) is 0 Å². The lowest BCUT2D eigenvalue weighted by Gasteiger charge is -2.14. The topological polar surface area (TPSA) is 121 Å². The zero-order chi connectivity index (χ0) is 27.2. The van der Waals surface area contributed by atoms with E-state index >= 15 is 0 Å². The van der Waals surface area contributed by atoms with Gasteiger partial charge in [-0.2, -0.15) is 0 Å². The van der Waals surface area contributed by atoms with Crippen molar-refractivity contribution in [2.45, 2.75) is 20.0 Å². The average molecular weight is 540 g/mol. The van der Waals surface area contributed by atoms with Crippen LogP contribution >= 0.6 is 11.6 Å². The molecule has 4 rings (SSSR count). The minimum Gasteiger partial charge on any atom is -0.469 e. The zero-order valence-corrected chi connectivity index (χ0v) is 21.2. The Morgan fingerprint density at radius 1 is 1.11 bits per heavy atom. The van der Waals surface area contributed by atoms with Crippen molar-refractivity contribution in [1.82, 2.24) is 19.1 Å². The van der Waals surface area contributed by atoms with E-state index in [0.717, 1.165) is 16.2 Å². The number of pyridine rings is 1. The lowest BCUT2D eigenvalue weighted by atomic mass is 10.2. The van der Waals surface area contributed by atoms with Crippen LogP contribution in [0.1, 0.15) is 12.5 Å². The van der Waals surface area contributed by atoms with Crippen LogP contribution in [-0.2, 0) is 22.6 Å². The summed E-state index contributed by atoms with van der Waals surface area (Å²) in [6.07, 6.45) is 1.29. The second-order valence-corrected chi connectivity index (χ2v) is 8.74. The minimum absolute atomic E-state index is 0.00242. The summed E-state index contributed by atoms with van der Waals surface area (Å²) in [5, 5.41) is 0.533. The minimum atomic E-state index is -0.731. The van der Waals surface area contributed by atoms with Gasteiger partial charge >= 0.3 is 17.3 Å². The van der Waals surface area contributed by atoms with Crippen LogP contribution in [0, 0.1) is 11.7 Å². The Kier molecular flexibility index (Phi) is 8.17. The maximum absolute atomic E-state index is 13.4. The third-order valence-electron chi connectivity index (χ3n) is 5.49. The lowest BCUT2D eigenvalue weighted by Crippen LogP contribution is -2.51. The Morgan fingerprint density at radius 2 is 1.82 bits per heavy atom. The van der Waals surface area contributed by atoms with E-state index in [1.807, 2.05) is 0 Å². The second-order valence-electron chi connectivity index (χ2n) is 8.30. The number of hydrogen-bond acceptors (Lipinski definition) is 7. The number of aromatic amines is 1. The molecular formula is C26H23ClFN5O5. The SMILES string of the molecule is COC(=O)[C@@H](C)Cn1c(=O)[nH]/c(=N\c2ccc(Oc3cc(F)ccn3)cc2)n(Cc2ccc(Cl)cc2)c1=O. The van der Waals surface area contributed by atoms with Crippen LogP contribution in [0.15, 0.2) is 81.4 Å². The molecule has 1 N–H and O–H groups in total. The predicted molar refractivity (Wildman–Crippen MR) is 137 cm³/mol. The molecule has 0 spiro atoms. The number of ether oxygens (including phenoxy) is 2. The summed E-state index contributed by atoms with van der Waals surface area (Å²) in [4.78, 5) is 49.2. The summed E-state index contributed by atoms with van der Waals surface area (Å²) < 4.78 is 25.9. The first kappa shape index (κ1) is 26.6. The number of hydrogen-bond donors (Lipinski definition) is 1. The normalized spacial score (nSPS) is 12.3. The number of aromatic nitrogens is 4. The molecule has 2 heterocycles. The standard InChI is InChI=1S/C26H23ClFN5O5/c1-16(23(34)37-2)14-33-25(35)31-24(32(26(33)36)15-17-3-5-18(27)6-4-17)30-20-7-9-21(10-8-20)38-22-13-19(28)11-12-29-22/h3-13,16H,14-15H2,1-2H3,(H,30,31,35)/t16-/m0/s1. The van der Waals surface area contributed by atoms with Crippen LogP contribution in [0.2, 0.25) is 5.02 Å². The maximum Gasteiger partial charge on any atom is 0.335 e. The quantitative estimate of drug-likeness (QED) is 0.343. The smallest absolute Gasteiger partial charge is 0.335 e. The van der Waals surface area contributed by atoms with Crippen LogP contribution in [0.4, 0.5) is 10.1 Å². The van der Waals surface area contributed by atoms with E-state index in [1.54, 1.807) is 55.5 Å².